The fourth-order valence-corrected chi connectivity index (χ4v) is 2.59. The van der Waals surface area contributed by atoms with Gasteiger partial charge in [-0.05, 0) is 31.2 Å². The average molecular weight is 247 g/mol. The Morgan fingerprint density at radius 3 is 2.31 bits per heavy atom. The molecule has 3 atom stereocenters. The summed E-state index contributed by atoms with van der Waals surface area (Å²) in [4.78, 5) is 14.2. The number of rotatable bonds is 1. The Morgan fingerprint density at radius 1 is 1.19 bits per heavy atom. The van der Waals surface area contributed by atoms with Crippen LogP contribution in [0.25, 0.3) is 0 Å². The van der Waals surface area contributed by atoms with Crippen LogP contribution in [-0.4, -0.2) is 36.5 Å². The topological polar surface area (TPSA) is 32.3 Å². The van der Waals surface area contributed by atoms with Crippen molar-refractivity contribution in [3.8, 4) is 0 Å². The van der Waals surface area contributed by atoms with Crippen LogP contribution in [0.4, 0.5) is 0 Å². The first-order valence-electron chi connectivity index (χ1n) is 6.20. The standard InChI is InChI=1S/C12H22N2O.ClH/c1-9-7-14(8-10(9)2)12(15)11-5-3-4-6-13-11;/h9-11,13H,3-8H2,1-2H3;1H. The van der Waals surface area contributed by atoms with Crippen molar-refractivity contribution < 1.29 is 4.79 Å². The van der Waals surface area contributed by atoms with E-state index in [0.29, 0.717) is 17.7 Å². The molecule has 3 unspecified atom stereocenters. The van der Waals surface area contributed by atoms with Gasteiger partial charge in [0, 0.05) is 13.1 Å². The van der Waals surface area contributed by atoms with Gasteiger partial charge in [0.25, 0.3) is 0 Å². The lowest BCUT2D eigenvalue weighted by Crippen LogP contribution is -2.47. The molecule has 0 saturated carbocycles. The quantitative estimate of drug-likeness (QED) is 0.763. The zero-order valence-electron chi connectivity index (χ0n) is 10.2. The van der Waals surface area contributed by atoms with Gasteiger partial charge in [0.05, 0.1) is 6.04 Å². The number of amides is 1. The van der Waals surface area contributed by atoms with Crippen molar-refractivity contribution in [2.75, 3.05) is 19.6 Å². The maximum Gasteiger partial charge on any atom is 0.239 e. The lowest BCUT2D eigenvalue weighted by atomic mass is 10.0. The van der Waals surface area contributed by atoms with Crippen molar-refractivity contribution in [3.63, 3.8) is 0 Å². The second kappa shape index (κ2) is 5.87. The summed E-state index contributed by atoms with van der Waals surface area (Å²) in [6, 6.07) is 0.108. The Morgan fingerprint density at radius 2 is 1.81 bits per heavy atom. The summed E-state index contributed by atoms with van der Waals surface area (Å²) in [6.07, 6.45) is 3.44. The maximum absolute atomic E-state index is 12.2. The van der Waals surface area contributed by atoms with Gasteiger partial charge in [0.1, 0.15) is 0 Å². The monoisotopic (exact) mass is 246 g/mol. The van der Waals surface area contributed by atoms with Gasteiger partial charge in [-0.15, -0.1) is 12.4 Å². The minimum atomic E-state index is 0. The molecule has 0 aromatic carbocycles. The van der Waals surface area contributed by atoms with E-state index in [1.54, 1.807) is 0 Å². The molecule has 1 amide bonds. The average Bonchev–Trinajstić information content (AvgIpc) is 2.59. The summed E-state index contributed by atoms with van der Waals surface area (Å²) in [5.74, 6) is 1.67. The molecule has 2 aliphatic heterocycles. The summed E-state index contributed by atoms with van der Waals surface area (Å²) < 4.78 is 0. The Bertz CT molecular complexity index is 231. The number of nitrogens with zero attached hydrogens (tertiary/aromatic N) is 1. The minimum Gasteiger partial charge on any atom is -0.341 e. The van der Waals surface area contributed by atoms with Gasteiger partial charge in [-0.25, -0.2) is 0 Å². The van der Waals surface area contributed by atoms with Crippen LogP contribution in [0.5, 0.6) is 0 Å². The molecule has 2 saturated heterocycles. The summed E-state index contributed by atoms with van der Waals surface area (Å²) >= 11 is 0. The summed E-state index contributed by atoms with van der Waals surface area (Å²) in [5.41, 5.74) is 0. The molecule has 1 N–H and O–H groups in total. The Balaban J connectivity index is 0.00000128. The zero-order chi connectivity index (χ0) is 10.8. The molecule has 2 fully saturated rings. The van der Waals surface area contributed by atoms with Gasteiger partial charge >= 0.3 is 0 Å². The smallest absolute Gasteiger partial charge is 0.239 e. The SMILES string of the molecule is CC1CN(C(=O)C2CCCCN2)CC1C.Cl. The fourth-order valence-electron chi connectivity index (χ4n) is 2.59. The van der Waals surface area contributed by atoms with Gasteiger partial charge in [-0.1, -0.05) is 20.3 Å². The van der Waals surface area contributed by atoms with E-state index in [9.17, 15) is 4.79 Å². The number of carbonyl (C=O) groups excluding carboxylic acids is 1. The molecule has 4 heteroatoms. The Hall–Kier alpha value is -0.280. The van der Waals surface area contributed by atoms with E-state index in [-0.39, 0.29) is 18.4 Å². The van der Waals surface area contributed by atoms with Crippen LogP contribution in [-0.2, 0) is 4.79 Å². The van der Waals surface area contributed by atoms with E-state index >= 15 is 0 Å². The third-order valence-electron chi connectivity index (χ3n) is 3.91. The molecular formula is C12H23ClN2O. The van der Waals surface area contributed by atoms with E-state index in [0.717, 1.165) is 26.1 Å². The van der Waals surface area contributed by atoms with Crippen LogP contribution in [0, 0.1) is 11.8 Å². The number of likely N-dealkylation sites (tertiary alicyclic amines) is 1. The molecule has 16 heavy (non-hydrogen) atoms. The number of carbonyl (C=O) groups is 1. The first-order chi connectivity index (χ1) is 7.18. The van der Waals surface area contributed by atoms with Crippen LogP contribution in [0.3, 0.4) is 0 Å². The van der Waals surface area contributed by atoms with E-state index in [2.05, 4.69) is 24.1 Å². The molecule has 0 radical (unpaired) electrons. The minimum absolute atomic E-state index is 0. The molecule has 2 rings (SSSR count). The van der Waals surface area contributed by atoms with Crippen LogP contribution in [0.1, 0.15) is 33.1 Å². The summed E-state index contributed by atoms with van der Waals surface area (Å²) in [7, 11) is 0. The molecule has 0 aliphatic carbocycles. The largest absolute Gasteiger partial charge is 0.341 e. The molecule has 0 spiro atoms. The third-order valence-corrected chi connectivity index (χ3v) is 3.91. The highest BCUT2D eigenvalue weighted by Crippen LogP contribution is 2.23. The summed E-state index contributed by atoms with van der Waals surface area (Å²) in [6.45, 7) is 7.41. The molecule has 3 nitrogen and oxygen atoms in total. The number of hydrogen-bond donors (Lipinski definition) is 1. The number of nitrogens with one attached hydrogen (secondary N) is 1. The van der Waals surface area contributed by atoms with Crippen LogP contribution >= 0.6 is 12.4 Å². The van der Waals surface area contributed by atoms with Crippen molar-refractivity contribution in [2.24, 2.45) is 11.8 Å². The number of halogens is 1. The first-order valence-corrected chi connectivity index (χ1v) is 6.20. The third kappa shape index (κ3) is 2.89. The van der Waals surface area contributed by atoms with Crippen molar-refractivity contribution in [1.29, 1.82) is 0 Å². The van der Waals surface area contributed by atoms with Crippen LogP contribution in [0.2, 0.25) is 0 Å². The fraction of sp³-hybridized carbons (Fsp3) is 0.917. The second-order valence-corrected chi connectivity index (χ2v) is 5.20. The maximum atomic E-state index is 12.2. The molecule has 2 aliphatic rings. The first kappa shape index (κ1) is 13.8. The van der Waals surface area contributed by atoms with Crippen molar-refractivity contribution in [1.82, 2.24) is 10.2 Å². The zero-order valence-corrected chi connectivity index (χ0v) is 11.1. The van der Waals surface area contributed by atoms with Crippen molar-refractivity contribution in [3.05, 3.63) is 0 Å². The molecule has 0 bridgehead atoms. The van der Waals surface area contributed by atoms with Crippen LogP contribution in [0.15, 0.2) is 0 Å². The lowest BCUT2D eigenvalue weighted by molar-refractivity contribution is -0.133. The van der Waals surface area contributed by atoms with Gasteiger partial charge in [0.15, 0.2) is 0 Å². The van der Waals surface area contributed by atoms with E-state index in [1.165, 1.54) is 12.8 Å². The predicted molar refractivity (Wildman–Crippen MR) is 67.8 cm³/mol. The second-order valence-electron chi connectivity index (χ2n) is 5.20. The molecule has 2 heterocycles. The Labute approximate surface area is 104 Å². The van der Waals surface area contributed by atoms with Gasteiger partial charge in [0.2, 0.25) is 5.91 Å². The number of hydrogen-bond acceptors (Lipinski definition) is 2. The van der Waals surface area contributed by atoms with Crippen LogP contribution < -0.4 is 5.32 Å². The van der Waals surface area contributed by atoms with E-state index in [4.69, 9.17) is 0 Å². The normalized spacial score (nSPS) is 34.6. The number of piperidine rings is 1. The van der Waals surface area contributed by atoms with Crippen molar-refractivity contribution in [2.45, 2.75) is 39.2 Å². The molecule has 0 aromatic rings. The van der Waals surface area contributed by atoms with E-state index in [1.807, 2.05) is 0 Å². The van der Waals surface area contributed by atoms with E-state index < -0.39 is 0 Å². The summed E-state index contributed by atoms with van der Waals surface area (Å²) in [5, 5.41) is 3.33. The highest BCUT2D eigenvalue weighted by Gasteiger charge is 2.33. The van der Waals surface area contributed by atoms with Crippen molar-refractivity contribution >= 4 is 18.3 Å². The highest BCUT2D eigenvalue weighted by molar-refractivity contribution is 5.85. The van der Waals surface area contributed by atoms with Gasteiger partial charge < -0.3 is 10.2 Å². The molecule has 94 valence electrons. The molecule has 0 aromatic heterocycles. The van der Waals surface area contributed by atoms with Gasteiger partial charge in [-0.2, -0.15) is 0 Å². The highest BCUT2D eigenvalue weighted by atomic mass is 35.5. The molecular weight excluding hydrogens is 224 g/mol. The Kier molecular flexibility index (Phi) is 5.06. The predicted octanol–water partition coefficient (Wildman–Crippen LogP) is 1.66. The lowest BCUT2D eigenvalue weighted by Gasteiger charge is -2.27. The van der Waals surface area contributed by atoms with Gasteiger partial charge in [-0.3, -0.25) is 4.79 Å².